The minimum atomic E-state index is 0.185. The van der Waals surface area contributed by atoms with Gasteiger partial charge in [-0.2, -0.15) is 0 Å². The molecule has 2 saturated heterocycles. The van der Waals surface area contributed by atoms with Gasteiger partial charge in [0, 0.05) is 51.4 Å². The van der Waals surface area contributed by atoms with Gasteiger partial charge in [-0.1, -0.05) is 42.5 Å². The van der Waals surface area contributed by atoms with Crippen molar-refractivity contribution in [1.29, 1.82) is 0 Å². The van der Waals surface area contributed by atoms with Crippen LogP contribution in [0, 0.1) is 0 Å². The standard InChI is InChI=1S/C23H27N3O2/c27-22-7-4-12-26(22)21-10-8-19(9-11-21)17-23(28)25-15-13-24(14-16-25)18-20-5-2-1-3-6-20/h1-3,5-6,8-11H,4,7,12-18H2. The lowest BCUT2D eigenvalue weighted by Gasteiger charge is -2.34. The first-order valence-electron chi connectivity index (χ1n) is 10.1. The molecule has 146 valence electrons. The summed E-state index contributed by atoms with van der Waals surface area (Å²) in [4.78, 5) is 30.7. The van der Waals surface area contributed by atoms with Crippen LogP contribution in [0.25, 0.3) is 0 Å². The summed E-state index contributed by atoms with van der Waals surface area (Å²) in [6.45, 7) is 5.13. The topological polar surface area (TPSA) is 43.9 Å². The molecule has 0 N–H and O–H groups in total. The lowest BCUT2D eigenvalue weighted by molar-refractivity contribution is -0.132. The number of amides is 2. The van der Waals surface area contributed by atoms with Gasteiger partial charge in [0.15, 0.2) is 0 Å². The second kappa shape index (κ2) is 8.57. The van der Waals surface area contributed by atoms with Crippen molar-refractivity contribution in [2.45, 2.75) is 25.8 Å². The Balaban J connectivity index is 1.27. The van der Waals surface area contributed by atoms with Gasteiger partial charge in [0.05, 0.1) is 6.42 Å². The summed E-state index contributed by atoms with van der Waals surface area (Å²) in [5.41, 5.74) is 3.26. The molecule has 2 heterocycles. The van der Waals surface area contributed by atoms with E-state index >= 15 is 0 Å². The first kappa shape index (κ1) is 18.7. The van der Waals surface area contributed by atoms with Gasteiger partial charge in [-0.25, -0.2) is 0 Å². The van der Waals surface area contributed by atoms with Crippen LogP contribution in [0.4, 0.5) is 5.69 Å². The van der Waals surface area contributed by atoms with Crippen LogP contribution in [-0.4, -0.2) is 54.3 Å². The molecule has 2 fully saturated rings. The predicted molar refractivity (Wildman–Crippen MR) is 110 cm³/mol. The molecule has 5 nitrogen and oxygen atoms in total. The second-order valence-corrected chi connectivity index (χ2v) is 7.63. The van der Waals surface area contributed by atoms with E-state index in [1.165, 1.54) is 5.56 Å². The quantitative estimate of drug-likeness (QED) is 0.805. The fourth-order valence-electron chi connectivity index (χ4n) is 4.00. The normalized spacial score (nSPS) is 17.9. The van der Waals surface area contributed by atoms with Crippen LogP contribution in [-0.2, 0) is 22.6 Å². The number of hydrogen-bond acceptors (Lipinski definition) is 3. The molecule has 0 saturated carbocycles. The monoisotopic (exact) mass is 377 g/mol. The summed E-state index contributed by atoms with van der Waals surface area (Å²) in [5, 5.41) is 0. The van der Waals surface area contributed by atoms with Crippen LogP contribution in [0.1, 0.15) is 24.0 Å². The van der Waals surface area contributed by atoms with Gasteiger partial charge in [-0.3, -0.25) is 14.5 Å². The number of piperazine rings is 1. The number of carbonyl (C=O) groups excluding carboxylic acids is 2. The number of nitrogens with zero attached hydrogens (tertiary/aromatic N) is 3. The average Bonchev–Trinajstić information content (AvgIpc) is 3.16. The molecule has 2 aliphatic rings. The van der Waals surface area contributed by atoms with Crippen LogP contribution in [0.5, 0.6) is 0 Å². The molecule has 0 unspecified atom stereocenters. The summed E-state index contributed by atoms with van der Waals surface area (Å²) >= 11 is 0. The van der Waals surface area contributed by atoms with Crippen molar-refractivity contribution in [1.82, 2.24) is 9.80 Å². The Morgan fingerprint density at radius 2 is 1.54 bits per heavy atom. The molecule has 0 aromatic heterocycles. The number of benzene rings is 2. The molecular formula is C23H27N3O2. The minimum Gasteiger partial charge on any atom is -0.340 e. The van der Waals surface area contributed by atoms with E-state index in [0.717, 1.165) is 56.9 Å². The van der Waals surface area contributed by atoms with Crippen LogP contribution in [0.15, 0.2) is 54.6 Å². The first-order valence-corrected chi connectivity index (χ1v) is 10.1. The molecule has 0 atom stereocenters. The lowest BCUT2D eigenvalue weighted by atomic mass is 10.1. The summed E-state index contributed by atoms with van der Waals surface area (Å²) in [6, 6.07) is 18.4. The number of hydrogen-bond donors (Lipinski definition) is 0. The number of carbonyl (C=O) groups is 2. The van der Waals surface area contributed by atoms with E-state index in [1.807, 2.05) is 40.1 Å². The van der Waals surface area contributed by atoms with Crippen molar-refractivity contribution in [3.05, 3.63) is 65.7 Å². The van der Waals surface area contributed by atoms with Gasteiger partial charge < -0.3 is 9.80 Å². The van der Waals surface area contributed by atoms with E-state index < -0.39 is 0 Å². The summed E-state index contributed by atoms with van der Waals surface area (Å²) < 4.78 is 0. The smallest absolute Gasteiger partial charge is 0.227 e. The fraction of sp³-hybridized carbons (Fsp3) is 0.391. The largest absolute Gasteiger partial charge is 0.340 e. The first-order chi connectivity index (χ1) is 13.7. The summed E-state index contributed by atoms with van der Waals surface area (Å²) in [6.07, 6.45) is 1.98. The lowest BCUT2D eigenvalue weighted by Crippen LogP contribution is -2.48. The maximum Gasteiger partial charge on any atom is 0.227 e. The zero-order valence-corrected chi connectivity index (χ0v) is 16.2. The van der Waals surface area contributed by atoms with Crippen molar-refractivity contribution in [3.63, 3.8) is 0 Å². The van der Waals surface area contributed by atoms with Gasteiger partial charge in [0.25, 0.3) is 0 Å². The molecular weight excluding hydrogens is 350 g/mol. The van der Waals surface area contributed by atoms with E-state index in [4.69, 9.17) is 0 Å². The molecule has 0 spiro atoms. The highest BCUT2D eigenvalue weighted by atomic mass is 16.2. The Hall–Kier alpha value is -2.66. The van der Waals surface area contributed by atoms with E-state index in [9.17, 15) is 9.59 Å². The van der Waals surface area contributed by atoms with E-state index in [1.54, 1.807) is 0 Å². The van der Waals surface area contributed by atoms with Gasteiger partial charge in [0.2, 0.25) is 11.8 Å². The SMILES string of the molecule is O=C(Cc1ccc(N2CCCC2=O)cc1)N1CCN(Cc2ccccc2)CC1. The maximum absolute atomic E-state index is 12.7. The molecule has 28 heavy (non-hydrogen) atoms. The predicted octanol–water partition coefficient (Wildman–Crippen LogP) is 2.70. The molecule has 5 heteroatoms. The fourth-order valence-corrected chi connectivity index (χ4v) is 4.00. The summed E-state index contributed by atoms with van der Waals surface area (Å²) in [7, 11) is 0. The highest BCUT2D eigenvalue weighted by molar-refractivity contribution is 5.95. The van der Waals surface area contributed by atoms with Crippen molar-refractivity contribution in [2.75, 3.05) is 37.6 Å². The Kier molecular flexibility index (Phi) is 5.72. The Bertz CT molecular complexity index is 812. The molecule has 2 amide bonds. The third-order valence-electron chi connectivity index (χ3n) is 5.65. The molecule has 4 rings (SSSR count). The number of rotatable bonds is 5. The second-order valence-electron chi connectivity index (χ2n) is 7.63. The molecule has 0 bridgehead atoms. The highest BCUT2D eigenvalue weighted by Crippen LogP contribution is 2.22. The van der Waals surface area contributed by atoms with E-state index in [2.05, 4.69) is 29.2 Å². The summed E-state index contributed by atoms with van der Waals surface area (Å²) in [5.74, 6) is 0.376. The zero-order valence-electron chi connectivity index (χ0n) is 16.2. The molecule has 0 radical (unpaired) electrons. The van der Waals surface area contributed by atoms with Gasteiger partial charge in [-0.15, -0.1) is 0 Å². The minimum absolute atomic E-state index is 0.185. The van der Waals surface area contributed by atoms with Crippen LogP contribution in [0.3, 0.4) is 0 Å². The maximum atomic E-state index is 12.7. The Morgan fingerprint density at radius 3 is 2.18 bits per heavy atom. The Labute approximate surface area is 166 Å². The van der Waals surface area contributed by atoms with Crippen molar-refractivity contribution in [3.8, 4) is 0 Å². The molecule has 0 aliphatic carbocycles. The van der Waals surface area contributed by atoms with E-state index in [-0.39, 0.29) is 11.8 Å². The van der Waals surface area contributed by atoms with Crippen LogP contribution >= 0.6 is 0 Å². The number of anilines is 1. The van der Waals surface area contributed by atoms with Crippen LogP contribution in [0.2, 0.25) is 0 Å². The van der Waals surface area contributed by atoms with Gasteiger partial charge in [0.1, 0.15) is 0 Å². The van der Waals surface area contributed by atoms with Crippen LogP contribution < -0.4 is 4.90 Å². The van der Waals surface area contributed by atoms with E-state index in [0.29, 0.717) is 12.8 Å². The Morgan fingerprint density at radius 1 is 0.821 bits per heavy atom. The van der Waals surface area contributed by atoms with Crippen molar-refractivity contribution >= 4 is 17.5 Å². The average molecular weight is 377 g/mol. The zero-order chi connectivity index (χ0) is 19.3. The van der Waals surface area contributed by atoms with Gasteiger partial charge >= 0.3 is 0 Å². The third kappa shape index (κ3) is 4.42. The molecule has 2 aliphatic heterocycles. The van der Waals surface area contributed by atoms with Crippen molar-refractivity contribution < 1.29 is 9.59 Å². The highest BCUT2D eigenvalue weighted by Gasteiger charge is 2.23. The molecule has 2 aromatic carbocycles. The van der Waals surface area contributed by atoms with Gasteiger partial charge in [-0.05, 0) is 29.7 Å². The van der Waals surface area contributed by atoms with Crippen molar-refractivity contribution in [2.24, 2.45) is 0 Å². The molecule has 2 aromatic rings. The third-order valence-corrected chi connectivity index (χ3v) is 5.65.